The molecule has 23 heavy (non-hydrogen) atoms. The van der Waals surface area contributed by atoms with Crippen molar-refractivity contribution in [2.75, 3.05) is 0 Å². The average Bonchev–Trinajstić information content (AvgIpc) is 2.73. The predicted molar refractivity (Wildman–Crippen MR) is 92.9 cm³/mol. The summed E-state index contributed by atoms with van der Waals surface area (Å²) in [4.78, 5) is 1.20. The molecule has 2 aromatic carbocycles. The second kappa shape index (κ2) is 7.04. The lowest BCUT2D eigenvalue weighted by Crippen LogP contribution is -2.16. The lowest BCUT2D eigenvalue weighted by molar-refractivity contribution is 0.409. The summed E-state index contributed by atoms with van der Waals surface area (Å²) in [5.74, 6) is -0.314. The zero-order valence-electron chi connectivity index (χ0n) is 13.6. The topological polar surface area (TPSA) is 0 Å². The fraction of sp³-hybridized carbons (Fsp3) is 0.400. The summed E-state index contributed by atoms with van der Waals surface area (Å²) in [5, 5.41) is 0. The van der Waals surface area contributed by atoms with Gasteiger partial charge in [0.15, 0.2) is 11.6 Å². The highest BCUT2D eigenvalue weighted by molar-refractivity contribution is 7.98. The van der Waals surface area contributed by atoms with Gasteiger partial charge >= 0.3 is 0 Å². The summed E-state index contributed by atoms with van der Waals surface area (Å²) in [7, 11) is 0. The molecule has 1 aliphatic heterocycles. The Morgan fingerprint density at radius 3 is 2.61 bits per heavy atom. The van der Waals surface area contributed by atoms with Crippen LogP contribution in [0, 0.1) is 17.6 Å². The molecule has 2 atom stereocenters. The molecule has 0 saturated carbocycles. The number of benzene rings is 2. The molecule has 0 aromatic heterocycles. The first-order valence-electron chi connectivity index (χ1n) is 8.35. The minimum Gasteiger partial charge on any atom is -0.204 e. The van der Waals surface area contributed by atoms with Crippen molar-refractivity contribution in [3.8, 4) is 0 Å². The summed E-state index contributed by atoms with van der Waals surface area (Å²) in [6.07, 6.45) is 3.23. The summed E-state index contributed by atoms with van der Waals surface area (Å²) in [6.45, 7) is 4.38. The van der Waals surface area contributed by atoms with Gasteiger partial charge in [0, 0.05) is 22.1 Å². The molecule has 0 nitrogen and oxygen atoms in total. The van der Waals surface area contributed by atoms with Crippen LogP contribution < -0.4 is 0 Å². The summed E-state index contributed by atoms with van der Waals surface area (Å²) < 4.78 is 28.2. The van der Waals surface area contributed by atoms with Gasteiger partial charge in [0.2, 0.25) is 0 Å². The Morgan fingerprint density at radius 1 is 1.09 bits per heavy atom. The average molecular weight is 332 g/mol. The first-order chi connectivity index (χ1) is 11.2. The van der Waals surface area contributed by atoms with Crippen molar-refractivity contribution < 1.29 is 8.78 Å². The number of fused-ring (bicyclic) bond motifs is 2. The highest BCUT2D eigenvalue weighted by Gasteiger charge is 2.31. The third-order valence-corrected chi connectivity index (χ3v) is 5.96. The van der Waals surface area contributed by atoms with E-state index < -0.39 is 11.6 Å². The highest BCUT2D eigenvalue weighted by Crippen LogP contribution is 2.46. The van der Waals surface area contributed by atoms with Crippen molar-refractivity contribution in [3.63, 3.8) is 0 Å². The zero-order valence-corrected chi connectivity index (χ0v) is 14.4. The largest absolute Gasteiger partial charge is 0.204 e. The fourth-order valence-electron chi connectivity index (χ4n) is 3.72. The van der Waals surface area contributed by atoms with E-state index in [2.05, 4.69) is 32.0 Å². The Balaban J connectivity index is 2.21. The predicted octanol–water partition coefficient (Wildman–Crippen LogP) is 6.53. The van der Waals surface area contributed by atoms with E-state index in [1.807, 2.05) is 6.07 Å². The molecule has 0 N–H and O–H groups in total. The van der Waals surface area contributed by atoms with E-state index in [0.29, 0.717) is 17.2 Å². The van der Waals surface area contributed by atoms with Crippen LogP contribution in [0.5, 0.6) is 0 Å². The highest BCUT2D eigenvalue weighted by atomic mass is 32.2. The molecule has 1 unspecified atom stereocenters. The summed E-state index contributed by atoms with van der Waals surface area (Å²) in [6, 6.07) is 11.4. The van der Waals surface area contributed by atoms with Gasteiger partial charge in [-0.25, -0.2) is 8.78 Å². The van der Waals surface area contributed by atoms with Crippen LogP contribution in [0.4, 0.5) is 8.78 Å². The molecule has 0 saturated heterocycles. The van der Waals surface area contributed by atoms with Crippen molar-refractivity contribution in [1.29, 1.82) is 0 Å². The Hall–Kier alpha value is -1.35. The zero-order chi connectivity index (χ0) is 16.4. The summed E-state index contributed by atoms with van der Waals surface area (Å²) >= 11 is 1.62. The molecule has 0 spiro atoms. The van der Waals surface area contributed by atoms with E-state index in [9.17, 15) is 8.78 Å². The Labute approximate surface area is 141 Å². The third-order valence-electron chi connectivity index (χ3n) is 4.85. The Bertz CT molecular complexity index is 696. The van der Waals surface area contributed by atoms with Crippen LogP contribution in [-0.2, 0) is 5.75 Å². The number of halogens is 2. The van der Waals surface area contributed by atoms with E-state index in [0.717, 1.165) is 24.8 Å². The van der Waals surface area contributed by atoms with E-state index in [-0.39, 0.29) is 5.92 Å². The Kier molecular flexibility index (Phi) is 5.05. The molecule has 0 bridgehead atoms. The number of thioether (sulfide) groups is 1. The van der Waals surface area contributed by atoms with Crippen molar-refractivity contribution >= 4 is 11.8 Å². The molecular formula is C20H22F2S. The molecular weight excluding hydrogens is 310 g/mol. The third kappa shape index (κ3) is 3.03. The Morgan fingerprint density at radius 2 is 1.87 bits per heavy atom. The molecule has 1 heterocycles. The second-order valence-corrected chi connectivity index (χ2v) is 7.21. The quantitative estimate of drug-likeness (QED) is 0.613. The van der Waals surface area contributed by atoms with Crippen molar-refractivity contribution in [1.82, 2.24) is 0 Å². The smallest absolute Gasteiger partial charge is 0.163 e. The van der Waals surface area contributed by atoms with E-state index in [1.165, 1.54) is 16.5 Å². The summed E-state index contributed by atoms with van der Waals surface area (Å²) in [5.41, 5.74) is 2.79. The van der Waals surface area contributed by atoms with Crippen LogP contribution in [0.25, 0.3) is 0 Å². The van der Waals surface area contributed by atoms with Gasteiger partial charge < -0.3 is 0 Å². The van der Waals surface area contributed by atoms with Gasteiger partial charge in [0.05, 0.1) is 0 Å². The minimum atomic E-state index is -0.738. The number of hydrogen-bond donors (Lipinski definition) is 0. The molecule has 122 valence electrons. The molecule has 3 rings (SSSR count). The molecule has 3 heteroatoms. The molecule has 1 aliphatic rings. The standard InChI is InChI=1S/C20H22F2S/c1-3-7-13(4-2)19-14-10-11-17(21)20(22)16(14)12-23-18-9-6-5-8-15(18)19/h5-6,8-11,13,19H,3-4,7,12H2,1-2H3/t13?,19-/m0/s1. The van der Waals surface area contributed by atoms with Crippen LogP contribution in [0.3, 0.4) is 0 Å². The monoisotopic (exact) mass is 332 g/mol. The number of hydrogen-bond acceptors (Lipinski definition) is 1. The van der Waals surface area contributed by atoms with Gasteiger partial charge in [-0.15, -0.1) is 11.8 Å². The maximum absolute atomic E-state index is 14.4. The lowest BCUT2D eigenvalue weighted by Gasteiger charge is -2.28. The van der Waals surface area contributed by atoms with Crippen LogP contribution in [0.2, 0.25) is 0 Å². The first-order valence-corrected chi connectivity index (χ1v) is 9.34. The van der Waals surface area contributed by atoms with Crippen molar-refractivity contribution in [3.05, 3.63) is 64.7 Å². The van der Waals surface area contributed by atoms with Crippen molar-refractivity contribution in [2.45, 2.75) is 49.7 Å². The van der Waals surface area contributed by atoms with Gasteiger partial charge in [-0.3, -0.25) is 0 Å². The van der Waals surface area contributed by atoms with Gasteiger partial charge in [-0.2, -0.15) is 0 Å². The molecule has 0 aliphatic carbocycles. The van der Waals surface area contributed by atoms with E-state index in [1.54, 1.807) is 17.8 Å². The van der Waals surface area contributed by atoms with Gasteiger partial charge in [0.1, 0.15) is 0 Å². The van der Waals surface area contributed by atoms with Crippen LogP contribution in [0.15, 0.2) is 41.3 Å². The fourth-order valence-corrected chi connectivity index (χ4v) is 4.85. The maximum atomic E-state index is 14.4. The van der Waals surface area contributed by atoms with E-state index in [4.69, 9.17) is 0 Å². The SMILES string of the molecule is CCCC(CC)[C@@H]1c2ccccc2SCc2c1ccc(F)c2F. The molecule has 0 radical (unpaired) electrons. The molecule has 0 amide bonds. The van der Waals surface area contributed by atoms with Crippen LogP contribution in [-0.4, -0.2) is 0 Å². The van der Waals surface area contributed by atoms with Crippen LogP contribution >= 0.6 is 11.8 Å². The minimum absolute atomic E-state index is 0.149. The molecule has 2 aromatic rings. The second-order valence-electron chi connectivity index (χ2n) is 6.19. The van der Waals surface area contributed by atoms with Crippen molar-refractivity contribution in [2.24, 2.45) is 5.92 Å². The maximum Gasteiger partial charge on any atom is 0.163 e. The lowest BCUT2D eigenvalue weighted by atomic mass is 9.76. The molecule has 0 fully saturated rings. The van der Waals surface area contributed by atoms with Crippen LogP contribution in [0.1, 0.15) is 55.7 Å². The van der Waals surface area contributed by atoms with Gasteiger partial charge in [0.25, 0.3) is 0 Å². The van der Waals surface area contributed by atoms with E-state index >= 15 is 0 Å². The number of rotatable bonds is 4. The normalized spacial score (nSPS) is 18.0. The van der Waals surface area contributed by atoms with Gasteiger partial charge in [-0.1, -0.05) is 51.0 Å². The first kappa shape index (κ1) is 16.5. The van der Waals surface area contributed by atoms with Gasteiger partial charge in [-0.05, 0) is 35.6 Å².